The largest absolute Gasteiger partial charge is 0.494 e. The first-order valence-corrected chi connectivity index (χ1v) is 14.1. The van der Waals surface area contributed by atoms with Crippen LogP contribution in [0.25, 0.3) is 10.8 Å². The fraction of sp³-hybridized carbons (Fsp3) is 0.480. The SMILES string of the molecule is C=C[C@@H]1C[C@@]1(C(=O)NS(=O)(=O)C1CC1)N(Oc1ncc(OC)c2ccc(Cl)cc12)C(=O)N1CCC[C@H]1C. The molecule has 2 aromatic rings. The molecule has 12 heteroatoms. The molecule has 0 radical (unpaired) electrons. The number of amides is 3. The molecule has 10 nitrogen and oxygen atoms in total. The first-order valence-electron chi connectivity index (χ1n) is 12.2. The van der Waals surface area contributed by atoms with Gasteiger partial charge in [0.05, 0.1) is 23.9 Å². The lowest BCUT2D eigenvalue weighted by Crippen LogP contribution is -2.59. The molecule has 3 atom stereocenters. The molecule has 0 spiro atoms. The zero-order valence-electron chi connectivity index (χ0n) is 20.6. The second-order valence-corrected chi connectivity index (χ2v) is 12.2. The van der Waals surface area contributed by atoms with E-state index in [1.807, 2.05) is 6.92 Å². The van der Waals surface area contributed by atoms with E-state index in [9.17, 15) is 18.0 Å². The van der Waals surface area contributed by atoms with Crippen LogP contribution in [0.1, 0.15) is 39.0 Å². The van der Waals surface area contributed by atoms with Crippen molar-refractivity contribution in [1.82, 2.24) is 19.7 Å². The lowest BCUT2D eigenvalue weighted by Gasteiger charge is -2.35. The summed E-state index contributed by atoms with van der Waals surface area (Å²) < 4.78 is 32.9. The highest BCUT2D eigenvalue weighted by Gasteiger charge is 2.68. The monoisotopic (exact) mass is 548 g/mol. The summed E-state index contributed by atoms with van der Waals surface area (Å²) >= 11 is 6.26. The van der Waals surface area contributed by atoms with Crippen LogP contribution in [-0.2, 0) is 14.8 Å². The molecule has 2 heterocycles. The van der Waals surface area contributed by atoms with E-state index in [4.69, 9.17) is 21.2 Å². The van der Waals surface area contributed by atoms with Gasteiger partial charge in [0.2, 0.25) is 10.0 Å². The van der Waals surface area contributed by atoms with E-state index in [1.165, 1.54) is 19.4 Å². The van der Waals surface area contributed by atoms with E-state index in [2.05, 4.69) is 16.3 Å². The van der Waals surface area contributed by atoms with Crippen LogP contribution in [-0.4, -0.2) is 65.8 Å². The molecular formula is C25H29ClN4O6S. The topological polar surface area (TPSA) is 118 Å². The molecule has 198 valence electrons. The molecule has 1 aromatic carbocycles. The molecule has 1 aliphatic heterocycles. The molecule has 3 amide bonds. The molecule has 0 unspecified atom stereocenters. The molecule has 5 rings (SSSR count). The Morgan fingerprint density at radius 1 is 1.30 bits per heavy atom. The number of fused-ring (bicyclic) bond motifs is 1. The summed E-state index contributed by atoms with van der Waals surface area (Å²) in [5.41, 5.74) is -1.60. The van der Waals surface area contributed by atoms with E-state index in [0.717, 1.165) is 17.9 Å². The number of methoxy groups -OCH3 is 1. The maximum absolute atomic E-state index is 13.9. The van der Waals surface area contributed by atoms with Gasteiger partial charge in [-0.2, -0.15) is 0 Å². The fourth-order valence-corrected chi connectivity index (χ4v) is 6.46. The van der Waals surface area contributed by atoms with Crippen molar-refractivity contribution in [2.45, 2.75) is 55.9 Å². The fourth-order valence-electron chi connectivity index (χ4n) is 4.93. The van der Waals surface area contributed by atoms with Crippen molar-refractivity contribution in [3.8, 4) is 11.6 Å². The van der Waals surface area contributed by atoms with Crippen LogP contribution in [0.15, 0.2) is 37.1 Å². The second kappa shape index (κ2) is 9.36. The number of likely N-dealkylation sites (tertiary alicyclic amines) is 1. The summed E-state index contributed by atoms with van der Waals surface area (Å²) in [6.07, 6.45) is 5.75. The van der Waals surface area contributed by atoms with Crippen LogP contribution < -0.4 is 14.3 Å². The number of sulfonamides is 1. The minimum Gasteiger partial charge on any atom is -0.494 e. The number of hydrogen-bond acceptors (Lipinski definition) is 7. The number of carbonyl (C=O) groups excluding carboxylic acids is 2. The standard InChI is InChI=1S/C25H29ClN4O6S/c1-4-16-13-25(16,23(31)28-37(33,34)18-8-9-18)30(24(32)29-11-5-6-15(29)2)36-22-20-12-17(26)7-10-19(20)21(35-3)14-27-22/h4,7,10,12,14-16,18H,1,5-6,8-9,11,13H2,2-3H3,(H,28,31)/t15-,16-,25-/m1/s1. The van der Waals surface area contributed by atoms with Crippen molar-refractivity contribution in [1.29, 1.82) is 0 Å². The van der Waals surface area contributed by atoms with Gasteiger partial charge in [-0.15, -0.1) is 11.6 Å². The molecule has 3 fully saturated rings. The normalized spacial score (nSPS) is 25.0. The van der Waals surface area contributed by atoms with Crippen molar-refractivity contribution in [3.63, 3.8) is 0 Å². The predicted octanol–water partition coefficient (Wildman–Crippen LogP) is 3.65. The minimum absolute atomic E-state index is 0.0328. The number of ether oxygens (including phenoxy) is 1. The van der Waals surface area contributed by atoms with Crippen LogP contribution in [0.4, 0.5) is 4.79 Å². The van der Waals surface area contributed by atoms with E-state index < -0.39 is 38.7 Å². The average Bonchev–Trinajstić information content (AvgIpc) is 3.79. The number of halogens is 1. The van der Waals surface area contributed by atoms with Crippen LogP contribution in [0.3, 0.4) is 0 Å². The van der Waals surface area contributed by atoms with E-state index in [1.54, 1.807) is 23.1 Å². The summed E-state index contributed by atoms with van der Waals surface area (Å²) in [6, 6.07) is 4.45. The number of hydrogen-bond donors (Lipinski definition) is 1. The summed E-state index contributed by atoms with van der Waals surface area (Å²) in [5.74, 6) is -0.828. The highest BCUT2D eigenvalue weighted by Crippen LogP contribution is 2.51. The Morgan fingerprint density at radius 3 is 2.65 bits per heavy atom. The van der Waals surface area contributed by atoms with E-state index in [0.29, 0.717) is 40.9 Å². The number of rotatable bonds is 8. The van der Waals surface area contributed by atoms with Crippen LogP contribution in [0.5, 0.6) is 11.6 Å². The van der Waals surface area contributed by atoms with E-state index in [-0.39, 0.29) is 18.3 Å². The molecule has 3 aliphatic rings. The number of carbonyl (C=O) groups is 2. The maximum Gasteiger partial charge on any atom is 0.354 e. The lowest BCUT2D eigenvalue weighted by molar-refractivity contribution is -0.140. The van der Waals surface area contributed by atoms with E-state index >= 15 is 0 Å². The third kappa shape index (κ3) is 4.48. The summed E-state index contributed by atoms with van der Waals surface area (Å²) in [7, 11) is -2.35. The number of benzene rings is 1. The molecule has 2 saturated carbocycles. The molecule has 2 aliphatic carbocycles. The second-order valence-electron chi connectivity index (χ2n) is 9.82. The Balaban J connectivity index is 1.59. The van der Waals surface area contributed by atoms with Gasteiger partial charge in [0, 0.05) is 28.9 Å². The molecule has 37 heavy (non-hydrogen) atoms. The molecule has 1 N–H and O–H groups in total. The average molecular weight is 549 g/mol. The zero-order valence-corrected chi connectivity index (χ0v) is 22.2. The molecule has 1 aromatic heterocycles. The summed E-state index contributed by atoms with van der Waals surface area (Å²) in [5, 5.41) is 1.92. The third-order valence-corrected chi connectivity index (χ3v) is 9.42. The number of urea groups is 1. The summed E-state index contributed by atoms with van der Waals surface area (Å²) in [6.45, 7) is 6.21. The Hall–Kier alpha value is -3.05. The lowest BCUT2D eigenvalue weighted by atomic mass is 10.1. The van der Waals surface area contributed by atoms with Gasteiger partial charge in [-0.3, -0.25) is 9.52 Å². The number of aromatic nitrogens is 1. The number of nitrogens with one attached hydrogen (secondary N) is 1. The van der Waals surface area contributed by atoms with Crippen LogP contribution in [0, 0.1) is 5.92 Å². The van der Waals surface area contributed by atoms with Crippen molar-refractivity contribution in [2.24, 2.45) is 5.92 Å². The van der Waals surface area contributed by atoms with Crippen LogP contribution in [0.2, 0.25) is 5.02 Å². The van der Waals surface area contributed by atoms with Gasteiger partial charge in [0.1, 0.15) is 5.75 Å². The number of nitrogens with zero attached hydrogens (tertiary/aromatic N) is 3. The Morgan fingerprint density at radius 2 is 2.05 bits per heavy atom. The van der Waals surface area contributed by atoms with Gasteiger partial charge < -0.3 is 14.5 Å². The Labute approximate surface area is 220 Å². The molecule has 1 saturated heterocycles. The molecular weight excluding hydrogens is 520 g/mol. The van der Waals surface area contributed by atoms with Gasteiger partial charge in [-0.1, -0.05) is 17.7 Å². The smallest absolute Gasteiger partial charge is 0.354 e. The zero-order chi connectivity index (χ0) is 26.5. The van der Waals surface area contributed by atoms with Crippen molar-refractivity contribution in [2.75, 3.05) is 13.7 Å². The van der Waals surface area contributed by atoms with Crippen molar-refractivity contribution < 1.29 is 27.6 Å². The minimum atomic E-state index is -3.86. The third-order valence-electron chi connectivity index (χ3n) is 7.37. The number of hydroxylamine groups is 2. The first-order chi connectivity index (χ1) is 17.6. The van der Waals surface area contributed by atoms with Gasteiger partial charge in [-0.25, -0.2) is 18.2 Å². The summed E-state index contributed by atoms with van der Waals surface area (Å²) in [4.78, 5) is 39.7. The van der Waals surface area contributed by atoms with Crippen molar-refractivity contribution in [3.05, 3.63) is 42.1 Å². The maximum atomic E-state index is 13.9. The Kier molecular flexibility index (Phi) is 6.47. The number of pyridine rings is 1. The Bertz CT molecular complexity index is 1380. The van der Waals surface area contributed by atoms with Gasteiger partial charge in [0.15, 0.2) is 5.54 Å². The van der Waals surface area contributed by atoms with Gasteiger partial charge >= 0.3 is 6.03 Å². The van der Waals surface area contributed by atoms with Gasteiger partial charge in [0.25, 0.3) is 11.8 Å². The highest BCUT2D eigenvalue weighted by molar-refractivity contribution is 7.91. The first kappa shape index (κ1) is 25.6. The van der Waals surface area contributed by atoms with Crippen molar-refractivity contribution >= 4 is 44.3 Å². The quantitative estimate of drug-likeness (QED) is 0.395. The highest BCUT2D eigenvalue weighted by atomic mass is 35.5. The van der Waals surface area contributed by atoms with Gasteiger partial charge in [-0.05, 0) is 57.2 Å². The molecule has 0 bridgehead atoms. The predicted molar refractivity (Wildman–Crippen MR) is 138 cm³/mol. The van der Waals surface area contributed by atoms with Crippen LogP contribution >= 0.6 is 11.6 Å².